The lowest BCUT2D eigenvalue weighted by atomic mass is 10.2. The third kappa shape index (κ3) is 2.21. The van der Waals surface area contributed by atoms with Crippen LogP contribution in [0.1, 0.15) is 16.1 Å². The minimum absolute atomic E-state index is 0.231. The van der Waals surface area contributed by atoms with Gasteiger partial charge in [-0.15, -0.1) is 0 Å². The van der Waals surface area contributed by atoms with Crippen molar-refractivity contribution in [2.75, 3.05) is 0 Å². The first kappa shape index (κ1) is 13.5. The maximum absolute atomic E-state index is 12.9. The molecule has 1 aromatic carbocycles. The number of benzene rings is 1. The van der Waals surface area contributed by atoms with Gasteiger partial charge in [0.2, 0.25) is 0 Å². The second-order valence-corrected chi connectivity index (χ2v) is 4.44. The first-order valence-corrected chi connectivity index (χ1v) is 6.45. The van der Waals surface area contributed by atoms with Crippen LogP contribution in [-0.2, 0) is 12.4 Å². The molecule has 0 bridgehead atoms. The summed E-state index contributed by atoms with van der Waals surface area (Å²) in [6.07, 6.45) is 0. The summed E-state index contributed by atoms with van der Waals surface area (Å²) in [5.74, 6) is -1.71. The molecule has 19 heavy (non-hydrogen) atoms. The quantitative estimate of drug-likeness (QED) is 0.875. The molecule has 0 saturated heterocycles. The minimum atomic E-state index is -1.28. The molecular formula is C12H10BrFN2O3. The summed E-state index contributed by atoms with van der Waals surface area (Å²) >= 11 is 3.16. The highest BCUT2D eigenvalue weighted by Crippen LogP contribution is 2.14. The van der Waals surface area contributed by atoms with E-state index in [4.69, 9.17) is 5.11 Å². The van der Waals surface area contributed by atoms with Crippen molar-refractivity contribution >= 4 is 21.9 Å². The molecule has 0 atom stereocenters. The van der Waals surface area contributed by atoms with Gasteiger partial charge in [0, 0.05) is 12.4 Å². The summed E-state index contributed by atoms with van der Waals surface area (Å²) in [5.41, 5.74) is -0.176. The normalized spacial score (nSPS) is 10.7. The van der Waals surface area contributed by atoms with E-state index in [1.807, 2.05) is 0 Å². The predicted molar refractivity (Wildman–Crippen MR) is 70.6 cm³/mol. The van der Waals surface area contributed by atoms with Crippen molar-refractivity contribution in [3.63, 3.8) is 0 Å². The molecule has 0 aliphatic carbocycles. The van der Waals surface area contributed by atoms with Crippen molar-refractivity contribution in [2.45, 2.75) is 5.33 Å². The monoisotopic (exact) mass is 328 g/mol. The number of hydrogen-bond acceptors (Lipinski definition) is 2. The van der Waals surface area contributed by atoms with E-state index in [1.165, 1.54) is 33.6 Å². The van der Waals surface area contributed by atoms with E-state index in [0.717, 1.165) is 0 Å². The van der Waals surface area contributed by atoms with Crippen LogP contribution in [0.5, 0.6) is 0 Å². The third-order valence-electron chi connectivity index (χ3n) is 2.80. The van der Waals surface area contributed by atoms with Crippen molar-refractivity contribution in [2.24, 2.45) is 7.05 Å². The minimum Gasteiger partial charge on any atom is -0.477 e. The predicted octanol–water partition coefficient (Wildman–Crippen LogP) is 1.91. The molecule has 0 aliphatic rings. The van der Waals surface area contributed by atoms with E-state index < -0.39 is 17.3 Å². The molecule has 0 aliphatic heterocycles. The van der Waals surface area contributed by atoms with Crippen LogP contribution in [0, 0.1) is 5.82 Å². The lowest BCUT2D eigenvalue weighted by molar-refractivity contribution is 0.0694. The molecule has 7 heteroatoms. The van der Waals surface area contributed by atoms with Crippen LogP contribution in [0.3, 0.4) is 0 Å². The first-order valence-electron chi connectivity index (χ1n) is 5.33. The average molecular weight is 329 g/mol. The smallest absolute Gasteiger partial charge is 0.343 e. The van der Waals surface area contributed by atoms with Crippen molar-refractivity contribution < 1.29 is 14.3 Å². The summed E-state index contributed by atoms with van der Waals surface area (Å²) in [4.78, 5) is 23.3. The molecule has 2 aromatic rings. The molecule has 0 fully saturated rings. The Kier molecular flexibility index (Phi) is 3.57. The van der Waals surface area contributed by atoms with Crippen molar-refractivity contribution in [3.8, 4) is 5.69 Å². The fraction of sp³-hybridized carbons (Fsp3) is 0.167. The number of hydrogen-bond donors (Lipinski definition) is 1. The number of aromatic nitrogens is 2. The van der Waals surface area contributed by atoms with Gasteiger partial charge >= 0.3 is 5.97 Å². The fourth-order valence-corrected chi connectivity index (χ4v) is 2.53. The SMILES string of the molecule is Cn1c(CBr)c(C(=O)O)c(=O)n1-c1ccc(F)cc1. The number of aromatic carboxylic acids is 1. The van der Waals surface area contributed by atoms with Crippen LogP contribution in [0.2, 0.25) is 0 Å². The highest BCUT2D eigenvalue weighted by Gasteiger charge is 2.23. The molecule has 2 rings (SSSR count). The van der Waals surface area contributed by atoms with Gasteiger partial charge in [0.15, 0.2) is 0 Å². The summed E-state index contributed by atoms with van der Waals surface area (Å²) < 4.78 is 15.5. The van der Waals surface area contributed by atoms with Crippen molar-refractivity contribution in [3.05, 3.63) is 51.7 Å². The molecule has 0 saturated carbocycles. The summed E-state index contributed by atoms with van der Waals surface area (Å²) in [7, 11) is 1.58. The zero-order chi connectivity index (χ0) is 14.2. The molecule has 5 nitrogen and oxygen atoms in total. The lowest BCUT2D eigenvalue weighted by Gasteiger charge is -2.08. The van der Waals surface area contributed by atoms with Crippen LogP contribution in [-0.4, -0.2) is 20.4 Å². The molecule has 1 N–H and O–H groups in total. The van der Waals surface area contributed by atoms with Crippen molar-refractivity contribution in [1.29, 1.82) is 0 Å². The van der Waals surface area contributed by atoms with Crippen LogP contribution >= 0.6 is 15.9 Å². The van der Waals surface area contributed by atoms with E-state index in [0.29, 0.717) is 11.4 Å². The van der Waals surface area contributed by atoms with Crippen molar-refractivity contribution in [1.82, 2.24) is 9.36 Å². The van der Waals surface area contributed by atoms with Gasteiger partial charge in [-0.25, -0.2) is 13.9 Å². The van der Waals surface area contributed by atoms with E-state index in [-0.39, 0.29) is 10.9 Å². The number of alkyl halides is 1. The first-order chi connectivity index (χ1) is 8.97. The van der Waals surface area contributed by atoms with Gasteiger partial charge in [0.1, 0.15) is 11.4 Å². The van der Waals surface area contributed by atoms with E-state index >= 15 is 0 Å². The van der Waals surface area contributed by atoms with Gasteiger partial charge in [-0.1, -0.05) is 15.9 Å². The number of carboxylic acids is 1. The maximum Gasteiger partial charge on any atom is 0.343 e. The molecular weight excluding hydrogens is 319 g/mol. The van der Waals surface area contributed by atoms with Gasteiger partial charge in [-0.05, 0) is 24.3 Å². The molecule has 0 unspecified atom stereocenters. The third-order valence-corrected chi connectivity index (χ3v) is 3.33. The maximum atomic E-state index is 12.9. The fourth-order valence-electron chi connectivity index (χ4n) is 1.89. The second kappa shape index (κ2) is 5.00. The molecule has 1 heterocycles. The lowest BCUT2D eigenvalue weighted by Crippen LogP contribution is -2.22. The van der Waals surface area contributed by atoms with Gasteiger partial charge in [-0.3, -0.25) is 9.48 Å². The molecule has 0 amide bonds. The van der Waals surface area contributed by atoms with Gasteiger partial charge in [0.05, 0.1) is 11.4 Å². The van der Waals surface area contributed by atoms with Gasteiger partial charge in [0.25, 0.3) is 5.56 Å². The summed E-state index contributed by atoms with van der Waals surface area (Å²) in [6.45, 7) is 0. The number of nitrogens with zero attached hydrogens (tertiary/aromatic N) is 2. The Hall–Kier alpha value is -1.89. The van der Waals surface area contributed by atoms with E-state index in [9.17, 15) is 14.0 Å². The molecule has 100 valence electrons. The zero-order valence-corrected chi connectivity index (χ0v) is 11.5. The Bertz CT molecular complexity index is 688. The van der Waals surface area contributed by atoms with E-state index in [1.54, 1.807) is 7.05 Å². The standard InChI is InChI=1S/C12H10BrFN2O3/c1-15-9(6-13)10(12(18)19)11(17)16(15)8-4-2-7(14)3-5-8/h2-5H,6H2,1H3,(H,18,19). The Labute approximate surface area is 116 Å². The number of halogens is 2. The Morgan fingerprint density at radius 1 is 1.37 bits per heavy atom. The molecule has 0 radical (unpaired) electrons. The molecule has 1 aromatic heterocycles. The Balaban J connectivity index is 2.75. The Morgan fingerprint density at radius 2 is 1.95 bits per heavy atom. The topological polar surface area (TPSA) is 64.2 Å². The summed E-state index contributed by atoms with van der Waals surface area (Å²) in [6, 6.07) is 5.26. The van der Waals surface area contributed by atoms with Crippen LogP contribution in [0.15, 0.2) is 29.1 Å². The Morgan fingerprint density at radius 3 is 2.37 bits per heavy atom. The van der Waals surface area contributed by atoms with Gasteiger partial charge in [-0.2, -0.15) is 0 Å². The average Bonchev–Trinajstić information content (AvgIpc) is 2.62. The highest BCUT2D eigenvalue weighted by atomic mass is 79.9. The zero-order valence-electron chi connectivity index (χ0n) is 9.93. The van der Waals surface area contributed by atoms with Crippen LogP contribution < -0.4 is 5.56 Å². The highest BCUT2D eigenvalue weighted by molar-refractivity contribution is 9.08. The largest absolute Gasteiger partial charge is 0.477 e. The summed E-state index contributed by atoms with van der Waals surface area (Å²) in [5, 5.41) is 9.33. The number of rotatable bonds is 3. The van der Waals surface area contributed by atoms with Crippen LogP contribution in [0.4, 0.5) is 4.39 Å². The van der Waals surface area contributed by atoms with Gasteiger partial charge < -0.3 is 5.11 Å². The van der Waals surface area contributed by atoms with E-state index in [2.05, 4.69) is 15.9 Å². The molecule has 0 spiro atoms. The second-order valence-electron chi connectivity index (χ2n) is 3.88. The number of carboxylic acid groups (broad SMARTS) is 1. The number of carbonyl (C=O) groups is 1. The van der Waals surface area contributed by atoms with Crippen LogP contribution in [0.25, 0.3) is 5.69 Å².